The maximum absolute atomic E-state index is 12.3. The number of hydrogen-bond donors (Lipinski definition) is 2. The third-order valence-electron chi connectivity index (χ3n) is 5.46. The molecule has 0 fully saturated rings. The van der Waals surface area contributed by atoms with E-state index in [0.717, 1.165) is 5.56 Å². The second kappa shape index (κ2) is 8.90. The highest BCUT2D eigenvalue weighted by Crippen LogP contribution is 2.44. The molecular weight excluding hydrogens is 412 g/mol. The molecule has 32 heavy (non-hydrogen) atoms. The van der Waals surface area contributed by atoms with Crippen LogP contribution in [0.1, 0.15) is 27.6 Å². The molecule has 0 aromatic heterocycles. The summed E-state index contributed by atoms with van der Waals surface area (Å²) in [5, 5.41) is 21.9. The fourth-order valence-corrected chi connectivity index (χ4v) is 3.77. The topological polar surface area (TPSA) is 94.5 Å². The average molecular weight is 436 g/mol. The molecule has 1 aliphatic rings. The van der Waals surface area contributed by atoms with Gasteiger partial charge in [0, 0.05) is 12.5 Å². The number of esters is 1. The molecule has 1 aliphatic carbocycles. The summed E-state index contributed by atoms with van der Waals surface area (Å²) in [6, 6.07) is 18.7. The van der Waals surface area contributed by atoms with Crippen molar-refractivity contribution < 1.29 is 34.0 Å². The van der Waals surface area contributed by atoms with E-state index >= 15 is 0 Å². The maximum Gasteiger partial charge on any atom is 0.343 e. The highest BCUT2D eigenvalue weighted by molar-refractivity contribution is 5.91. The van der Waals surface area contributed by atoms with Gasteiger partial charge in [0.1, 0.15) is 29.8 Å². The summed E-state index contributed by atoms with van der Waals surface area (Å²) in [5.74, 6) is 1.23. The molecule has 3 aromatic carbocycles. The van der Waals surface area contributed by atoms with Gasteiger partial charge in [-0.1, -0.05) is 24.3 Å². The third-order valence-corrected chi connectivity index (χ3v) is 5.46. The number of ether oxygens (including phenoxy) is 4. The molecule has 2 N–H and O–H groups in total. The van der Waals surface area contributed by atoms with Crippen LogP contribution in [-0.4, -0.2) is 42.6 Å². The van der Waals surface area contributed by atoms with Crippen LogP contribution in [0.3, 0.4) is 0 Å². The van der Waals surface area contributed by atoms with Gasteiger partial charge in [0.15, 0.2) is 11.5 Å². The van der Waals surface area contributed by atoms with Crippen LogP contribution in [0.15, 0.2) is 66.7 Å². The van der Waals surface area contributed by atoms with Crippen LogP contribution < -0.4 is 18.9 Å². The van der Waals surface area contributed by atoms with Crippen LogP contribution in [0.2, 0.25) is 0 Å². The second-order valence-electron chi connectivity index (χ2n) is 7.61. The molecule has 7 heteroatoms. The van der Waals surface area contributed by atoms with Crippen LogP contribution in [0.5, 0.6) is 23.0 Å². The molecule has 4 rings (SSSR count). The molecule has 0 amide bonds. The molecule has 2 atom stereocenters. The van der Waals surface area contributed by atoms with E-state index in [-0.39, 0.29) is 13.0 Å². The number of carbonyl (C=O) groups is 1. The minimum absolute atomic E-state index is 0.163. The first-order valence-corrected chi connectivity index (χ1v) is 10.1. The molecule has 3 aromatic rings. The number of aliphatic hydroxyl groups excluding tert-OH is 1. The Morgan fingerprint density at radius 2 is 1.66 bits per heavy atom. The second-order valence-corrected chi connectivity index (χ2v) is 7.61. The molecule has 166 valence electrons. The van der Waals surface area contributed by atoms with E-state index in [0.29, 0.717) is 34.1 Å². The van der Waals surface area contributed by atoms with Crippen LogP contribution >= 0.6 is 0 Å². The third kappa shape index (κ3) is 4.26. The number of hydrogen-bond acceptors (Lipinski definition) is 7. The number of carbonyl (C=O) groups excluding carboxylic acids is 1. The lowest BCUT2D eigenvalue weighted by molar-refractivity contribution is -0.0894. The van der Waals surface area contributed by atoms with Crippen LogP contribution in [-0.2, 0) is 6.42 Å². The van der Waals surface area contributed by atoms with Gasteiger partial charge in [-0.3, -0.25) is 0 Å². The highest BCUT2D eigenvalue weighted by Gasteiger charge is 2.45. The van der Waals surface area contributed by atoms with Crippen molar-refractivity contribution in [2.45, 2.75) is 18.1 Å². The highest BCUT2D eigenvalue weighted by atomic mass is 16.5. The van der Waals surface area contributed by atoms with Gasteiger partial charge < -0.3 is 29.2 Å². The van der Waals surface area contributed by atoms with Crippen molar-refractivity contribution in [3.63, 3.8) is 0 Å². The van der Waals surface area contributed by atoms with Crippen molar-refractivity contribution >= 4 is 5.97 Å². The summed E-state index contributed by atoms with van der Waals surface area (Å²) in [4.78, 5) is 12.3. The molecule has 0 aliphatic heterocycles. The lowest BCUT2D eigenvalue weighted by Crippen LogP contribution is -2.40. The average Bonchev–Trinajstić information content (AvgIpc) is 3.07. The van der Waals surface area contributed by atoms with Gasteiger partial charge in [-0.15, -0.1) is 0 Å². The van der Waals surface area contributed by atoms with Crippen LogP contribution in [0.4, 0.5) is 0 Å². The van der Waals surface area contributed by atoms with Crippen molar-refractivity contribution in [2.24, 2.45) is 0 Å². The summed E-state index contributed by atoms with van der Waals surface area (Å²) in [5.41, 5.74) is 0.230. The van der Waals surface area contributed by atoms with E-state index in [1.54, 1.807) is 60.7 Å². The fourth-order valence-electron chi connectivity index (χ4n) is 3.77. The van der Waals surface area contributed by atoms with Crippen molar-refractivity contribution in [2.75, 3.05) is 20.8 Å². The zero-order chi connectivity index (χ0) is 22.7. The van der Waals surface area contributed by atoms with Gasteiger partial charge in [-0.25, -0.2) is 4.79 Å². The summed E-state index contributed by atoms with van der Waals surface area (Å²) >= 11 is 0. The Labute approximate surface area is 185 Å². The normalized spacial score (nSPS) is 19.2. The standard InChI is InChI=1S/C25H24O7/c1-29-21-11-17-14-25(28,23(26)20(17)13-22(21)30-2)15-31-18-9-6-10-19(12-18)32-24(27)16-7-4-3-5-8-16/h3-13,23,26,28H,14-15H2,1-2H3/t23-,25-/m1/s1. The molecular formula is C25H24O7. The number of fused-ring (bicyclic) bond motifs is 1. The number of aliphatic hydroxyl groups is 2. The van der Waals surface area contributed by atoms with E-state index < -0.39 is 17.7 Å². The molecule has 0 spiro atoms. The smallest absolute Gasteiger partial charge is 0.343 e. The number of methoxy groups -OCH3 is 2. The minimum atomic E-state index is -1.53. The minimum Gasteiger partial charge on any atom is -0.493 e. The van der Waals surface area contributed by atoms with Crippen molar-refractivity contribution in [1.29, 1.82) is 0 Å². The largest absolute Gasteiger partial charge is 0.493 e. The Morgan fingerprint density at radius 1 is 0.969 bits per heavy atom. The Balaban J connectivity index is 1.45. The molecule has 0 unspecified atom stereocenters. The predicted octanol–water partition coefficient (Wildman–Crippen LogP) is 3.32. The zero-order valence-corrected chi connectivity index (χ0v) is 17.8. The Morgan fingerprint density at radius 3 is 2.38 bits per heavy atom. The SMILES string of the molecule is COc1cc2c(cc1OC)[C@@H](O)[C@](O)(COc1cccc(OC(=O)c3ccccc3)c1)C2. The first-order chi connectivity index (χ1) is 15.4. The predicted molar refractivity (Wildman–Crippen MR) is 116 cm³/mol. The summed E-state index contributed by atoms with van der Waals surface area (Å²) < 4.78 is 21.8. The lowest BCUT2D eigenvalue weighted by atomic mass is 9.99. The van der Waals surface area contributed by atoms with Crippen LogP contribution in [0, 0.1) is 0 Å². The zero-order valence-electron chi connectivity index (χ0n) is 17.8. The van der Waals surface area contributed by atoms with E-state index in [1.807, 2.05) is 6.07 Å². The monoisotopic (exact) mass is 436 g/mol. The number of benzene rings is 3. The first-order valence-electron chi connectivity index (χ1n) is 10.1. The lowest BCUT2D eigenvalue weighted by Gasteiger charge is -2.26. The van der Waals surface area contributed by atoms with Crippen molar-refractivity contribution in [1.82, 2.24) is 0 Å². The van der Waals surface area contributed by atoms with E-state index in [4.69, 9.17) is 18.9 Å². The van der Waals surface area contributed by atoms with Gasteiger partial charge in [-0.2, -0.15) is 0 Å². The Hall–Kier alpha value is -3.55. The Bertz CT molecular complexity index is 1110. The van der Waals surface area contributed by atoms with Crippen molar-refractivity contribution in [3.8, 4) is 23.0 Å². The van der Waals surface area contributed by atoms with E-state index in [2.05, 4.69) is 0 Å². The van der Waals surface area contributed by atoms with Crippen molar-refractivity contribution in [3.05, 3.63) is 83.4 Å². The van der Waals surface area contributed by atoms with Gasteiger partial charge in [0.05, 0.1) is 19.8 Å². The van der Waals surface area contributed by atoms with Gasteiger partial charge in [0.2, 0.25) is 0 Å². The molecule has 0 saturated heterocycles. The molecule has 0 saturated carbocycles. The van der Waals surface area contributed by atoms with E-state index in [1.165, 1.54) is 14.2 Å². The van der Waals surface area contributed by atoms with Gasteiger partial charge >= 0.3 is 5.97 Å². The molecule has 0 radical (unpaired) electrons. The Kier molecular flexibility index (Phi) is 6.03. The van der Waals surface area contributed by atoms with E-state index in [9.17, 15) is 15.0 Å². The maximum atomic E-state index is 12.3. The molecule has 0 bridgehead atoms. The quantitative estimate of drug-likeness (QED) is 0.433. The summed E-state index contributed by atoms with van der Waals surface area (Å²) in [7, 11) is 3.04. The molecule has 7 nitrogen and oxygen atoms in total. The van der Waals surface area contributed by atoms with Gasteiger partial charge in [-0.05, 0) is 47.5 Å². The number of rotatable bonds is 7. The fraction of sp³-hybridized carbons (Fsp3) is 0.240. The summed E-state index contributed by atoms with van der Waals surface area (Å²) in [6.45, 7) is -0.163. The van der Waals surface area contributed by atoms with Gasteiger partial charge in [0.25, 0.3) is 0 Å². The molecule has 0 heterocycles. The summed E-state index contributed by atoms with van der Waals surface area (Å²) in [6.07, 6.45) is -0.969. The first kappa shape index (κ1) is 21.7. The van der Waals surface area contributed by atoms with Crippen LogP contribution in [0.25, 0.3) is 0 Å².